The molecule has 0 radical (unpaired) electrons. The first-order chi connectivity index (χ1) is 16.0. The highest BCUT2D eigenvalue weighted by molar-refractivity contribution is 6.30. The first kappa shape index (κ1) is 20.8. The van der Waals surface area contributed by atoms with Crippen molar-refractivity contribution in [3.8, 4) is 11.5 Å². The molecule has 0 unspecified atom stereocenters. The van der Waals surface area contributed by atoms with Crippen molar-refractivity contribution in [2.45, 2.75) is 13.2 Å². The van der Waals surface area contributed by atoms with Crippen LogP contribution in [0.15, 0.2) is 71.8 Å². The molecule has 2 heterocycles. The number of amides is 2. The highest BCUT2D eigenvalue weighted by Crippen LogP contribution is 2.38. The van der Waals surface area contributed by atoms with Gasteiger partial charge in [-0.15, -0.1) is 5.10 Å². The lowest BCUT2D eigenvalue weighted by Gasteiger charge is -2.19. The van der Waals surface area contributed by atoms with E-state index in [9.17, 15) is 9.59 Å². The monoisotopic (exact) mass is 463 g/mol. The Morgan fingerprint density at radius 2 is 1.82 bits per heavy atom. The van der Waals surface area contributed by atoms with E-state index in [2.05, 4.69) is 10.4 Å². The summed E-state index contributed by atoms with van der Waals surface area (Å²) in [5, 5.41) is 9.04. The molecule has 0 saturated carbocycles. The normalized spacial score (nSPS) is 16.2. The van der Waals surface area contributed by atoms with Gasteiger partial charge in [-0.05, 0) is 60.7 Å². The summed E-state index contributed by atoms with van der Waals surface area (Å²) in [6, 6.07) is 19.0. The molecule has 1 atom stereocenters. The number of benzene rings is 3. The van der Waals surface area contributed by atoms with Gasteiger partial charge in [-0.2, -0.15) is 5.01 Å². The third-order valence-corrected chi connectivity index (χ3v) is 5.37. The molecule has 0 aliphatic carbocycles. The molecule has 33 heavy (non-hydrogen) atoms. The van der Waals surface area contributed by atoms with Crippen LogP contribution in [0.2, 0.25) is 5.02 Å². The molecule has 8 nitrogen and oxygen atoms in total. The lowest BCUT2D eigenvalue weighted by atomic mass is 10.1. The molecule has 1 N–H and O–H groups in total. The number of hydrogen-bond acceptors (Lipinski definition) is 6. The fraction of sp³-hybridized carbons (Fsp3) is 0.125. The Bertz CT molecular complexity index is 1280. The molecule has 5 rings (SSSR count). The number of anilines is 1. The summed E-state index contributed by atoms with van der Waals surface area (Å²) in [6.45, 7) is 1.57. The molecule has 0 aromatic heterocycles. The van der Waals surface area contributed by atoms with Crippen LogP contribution in [0.1, 0.15) is 34.6 Å². The number of carbonyl (C=O) groups excluding carboxylic acids is 2. The van der Waals surface area contributed by atoms with Crippen LogP contribution in [-0.2, 0) is 9.53 Å². The SMILES string of the molecule is CC(=O)N1N=C(c2cccc(NC(=O)c3ccc(Cl)cc3)c2)O[C@H]1c1ccc2c(c1)OCO2. The quantitative estimate of drug-likeness (QED) is 0.612. The Morgan fingerprint density at radius 1 is 1.03 bits per heavy atom. The molecule has 2 amide bonds. The standard InChI is InChI=1S/C24H18ClN3O5/c1-14(29)28-24(17-7-10-20-21(12-17)32-13-31-20)33-23(27-28)16-3-2-4-19(11-16)26-22(30)15-5-8-18(25)9-6-15/h2-12,24H,13H2,1H3,(H,26,30)/t24-/m0/s1. The zero-order chi connectivity index (χ0) is 22.9. The summed E-state index contributed by atoms with van der Waals surface area (Å²) >= 11 is 5.89. The van der Waals surface area contributed by atoms with Crippen LogP contribution in [0.25, 0.3) is 0 Å². The van der Waals surface area contributed by atoms with Crippen molar-refractivity contribution >= 4 is 35.0 Å². The third kappa shape index (κ3) is 4.20. The number of nitrogens with zero attached hydrogens (tertiary/aromatic N) is 2. The van der Waals surface area contributed by atoms with Gasteiger partial charge in [-0.1, -0.05) is 17.7 Å². The number of ether oxygens (including phenoxy) is 3. The average Bonchev–Trinajstić information content (AvgIpc) is 3.46. The number of carbonyl (C=O) groups is 2. The van der Waals surface area contributed by atoms with Crippen LogP contribution >= 0.6 is 11.6 Å². The Balaban J connectivity index is 1.38. The van der Waals surface area contributed by atoms with E-state index >= 15 is 0 Å². The van der Waals surface area contributed by atoms with Crippen LogP contribution in [0, 0.1) is 0 Å². The average molecular weight is 464 g/mol. The molecule has 3 aromatic carbocycles. The van der Waals surface area contributed by atoms with Gasteiger partial charge in [0, 0.05) is 34.3 Å². The number of hydrogen-bond donors (Lipinski definition) is 1. The lowest BCUT2D eigenvalue weighted by Crippen LogP contribution is -2.25. The fourth-order valence-corrected chi connectivity index (χ4v) is 3.63. The summed E-state index contributed by atoms with van der Waals surface area (Å²) < 4.78 is 16.8. The molecule has 2 aliphatic heterocycles. The van der Waals surface area contributed by atoms with Crippen molar-refractivity contribution < 1.29 is 23.8 Å². The maximum absolute atomic E-state index is 12.5. The van der Waals surface area contributed by atoms with Gasteiger partial charge < -0.3 is 19.5 Å². The van der Waals surface area contributed by atoms with Gasteiger partial charge >= 0.3 is 0 Å². The van der Waals surface area contributed by atoms with E-state index in [1.54, 1.807) is 66.7 Å². The van der Waals surface area contributed by atoms with Crippen LogP contribution in [0.3, 0.4) is 0 Å². The lowest BCUT2D eigenvalue weighted by molar-refractivity contribution is -0.135. The molecule has 0 fully saturated rings. The second-order valence-electron chi connectivity index (χ2n) is 7.39. The maximum atomic E-state index is 12.5. The Hall–Kier alpha value is -4.04. The molecule has 0 spiro atoms. The zero-order valence-corrected chi connectivity index (χ0v) is 18.2. The predicted molar refractivity (Wildman–Crippen MR) is 121 cm³/mol. The molecular weight excluding hydrogens is 446 g/mol. The van der Waals surface area contributed by atoms with Crippen molar-refractivity contribution in [2.75, 3.05) is 12.1 Å². The number of halogens is 1. The molecule has 9 heteroatoms. The number of fused-ring (bicyclic) bond motifs is 1. The summed E-state index contributed by atoms with van der Waals surface area (Å²) in [6.07, 6.45) is -0.751. The first-order valence-electron chi connectivity index (χ1n) is 10.1. The summed E-state index contributed by atoms with van der Waals surface area (Å²) in [5.74, 6) is 0.924. The van der Waals surface area contributed by atoms with Crippen molar-refractivity contribution in [1.29, 1.82) is 0 Å². The van der Waals surface area contributed by atoms with E-state index in [1.165, 1.54) is 11.9 Å². The molecule has 2 aliphatic rings. The minimum Gasteiger partial charge on any atom is -0.454 e. The van der Waals surface area contributed by atoms with Gasteiger partial charge in [-0.3, -0.25) is 9.59 Å². The van der Waals surface area contributed by atoms with E-state index in [-0.39, 0.29) is 24.5 Å². The third-order valence-electron chi connectivity index (χ3n) is 5.12. The predicted octanol–water partition coefficient (Wildman–Crippen LogP) is 4.56. The molecule has 0 bridgehead atoms. The first-order valence-corrected chi connectivity index (χ1v) is 10.5. The highest BCUT2D eigenvalue weighted by atomic mass is 35.5. The second kappa shape index (κ2) is 8.48. The fourth-order valence-electron chi connectivity index (χ4n) is 3.50. The van der Waals surface area contributed by atoms with Gasteiger partial charge in [0.2, 0.25) is 24.8 Å². The summed E-state index contributed by atoms with van der Waals surface area (Å²) in [7, 11) is 0. The van der Waals surface area contributed by atoms with Gasteiger partial charge in [0.15, 0.2) is 11.5 Å². The molecule has 3 aromatic rings. The van der Waals surface area contributed by atoms with Gasteiger partial charge in [-0.25, -0.2) is 0 Å². The van der Waals surface area contributed by atoms with E-state index in [0.717, 1.165) is 0 Å². The van der Waals surface area contributed by atoms with Crippen LogP contribution in [0.4, 0.5) is 5.69 Å². The van der Waals surface area contributed by atoms with E-state index in [4.69, 9.17) is 25.8 Å². The minimum atomic E-state index is -0.751. The molecule has 166 valence electrons. The van der Waals surface area contributed by atoms with Gasteiger partial charge in [0.25, 0.3) is 5.91 Å². The van der Waals surface area contributed by atoms with E-state index in [0.29, 0.717) is 38.9 Å². The van der Waals surface area contributed by atoms with Gasteiger partial charge in [0.05, 0.1) is 0 Å². The molecular formula is C24H18ClN3O5. The smallest absolute Gasteiger partial charge is 0.255 e. The minimum absolute atomic E-state index is 0.150. The molecule has 0 saturated heterocycles. The van der Waals surface area contributed by atoms with Crippen molar-refractivity contribution in [3.05, 3.63) is 88.4 Å². The van der Waals surface area contributed by atoms with Crippen molar-refractivity contribution in [1.82, 2.24) is 5.01 Å². The number of rotatable bonds is 4. The Labute approximate surface area is 194 Å². The van der Waals surface area contributed by atoms with Crippen LogP contribution in [0.5, 0.6) is 11.5 Å². The summed E-state index contributed by atoms with van der Waals surface area (Å²) in [5.41, 5.74) is 2.34. The van der Waals surface area contributed by atoms with E-state index in [1.807, 2.05) is 0 Å². The Morgan fingerprint density at radius 3 is 2.61 bits per heavy atom. The zero-order valence-electron chi connectivity index (χ0n) is 17.4. The highest BCUT2D eigenvalue weighted by Gasteiger charge is 2.34. The summed E-state index contributed by atoms with van der Waals surface area (Å²) in [4.78, 5) is 24.8. The van der Waals surface area contributed by atoms with Crippen LogP contribution < -0.4 is 14.8 Å². The number of nitrogens with one attached hydrogen (secondary N) is 1. The van der Waals surface area contributed by atoms with Crippen LogP contribution in [-0.4, -0.2) is 29.5 Å². The van der Waals surface area contributed by atoms with E-state index < -0.39 is 6.23 Å². The topological polar surface area (TPSA) is 89.5 Å². The van der Waals surface area contributed by atoms with Crippen molar-refractivity contribution in [2.24, 2.45) is 5.10 Å². The number of hydrazone groups is 1. The maximum Gasteiger partial charge on any atom is 0.255 e. The van der Waals surface area contributed by atoms with Crippen molar-refractivity contribution in [3.63, 3.8) is 0 Å². The van der Waals surface area contributed by atoms with Gasteiger partial charge in [0.1, 0.15) is 0 Å². The second-order valence-corrected chi connectivity index (χ2v) is 7.83. The largest absolute Gasteiger partial charge is 0.454 e. The Kier molecular flexibility index (Phi) is 5.35.